The van der Waals surface area contributed by atoms with Crippen molar-refractivity contribution in [2.45, 2.75) is 12.5 Å². The van der Waals surface area contributed by atoms with E-state index >= 15 is 0 Å². The van der Waals surface area contributed by atoms with E-state index < -0.39 is 0 Å². The third kappa shape index (κ3) is 3.79. The molecule has 1 unspecified atom stereocenters. The molecule has 1 atom stereocenters. The number of aromatic amines is 2. The summed E-state index contributed by atoms with van der Waals surface area (Å²) in [6.45, 7) is 3.61. The standard InChI is InChI=1S/C22H25N7O/c23-20(30)14-28-9-11-29(12-10-28)19(22-26-17-7-3-4-8-18(17)27-22)13-21-24-15-5-1-2-6-16(15)25-21/h1-8,19H,9-14H2,(H2,23,30)(H,24,25)(H,26,27). The number of rotatable bonds is 6. The van der Waals surface area contributed by atoms with Crippen molar-refractivity contribution < 1.29 is 4.79 Å². The van der Waals surface area contributed by atoms with Crippen molar-refractivity contribution >= 4 is 28.0 Å². The van der Waals surface area contributed by atoms with E-state index in [2.05, 4.69) is 25.8 Å². The van der Waals surface area contributed by atoms with Crippen molar-refractivity contribution in [1.29, 1.82) is 0 Å². The third-order valence-electron chi connectivity index (χ3n) is 5.78. The summed E-state index contributed by atoms with van der Waals surface area (Å²) in [5, 5.41) is 0. The van der Waals surface area contributed by atoms with Gasteiger partial charge in [0.25, 0.3) is 0 Å². The van der Waals surface area contributed by atoms with Gasteiger partial charge in [-0.25, -0.2) is 9.97 Å². The Hall–Kier alpha value is -3.23. The third-order valence-corrected chi connectivity index (χ3v) is 5.78. The maximum Gasteiger partial charge on any atom is 0.231 e. The number of amides is 1. The number of benzene rings is 2. The summed E-state index contributed by atoms with van der Waals surface area (Å²) in [4.78, 5) is 32.4. The number of H-pyrrole nitrogens is 2. The van der Waals surface area contributed by atoms with Crippen LogP contribution in [-0.4, -0.2) is 68.4 Å². The fourth-order valence-corrected chi connectivity index (χ4v) is 4.27. The van der Waals surface area contributed by atoms with E-state index in [1.54, 1.807) is 0 Å². The van der Waals surface area contributed by atoms with Crippen LogP contribution in [0.15, 0.2) is 48.5 Å². The average molecular weight is 403 g/mol. The second-order valence-corrected chi connectivity index (χ2v) is 7.84. The number of para-hydroxylation sites is 4. The summed E-state index contributed by atoms with van der Waals surface area (Å²) in [5.41, 5.74) is 9.39. The Balaban J connectivity index is 1.43. The van der Waals surface area contributed by atoms with Crippen molar-refractivity contribution in [2.75, 3.05) is 32.7 Å². The normalized spacial score (nSPS) is 16.9. The maximum atomic E-state index is 11.3. The Bertz CT molecular complexity index is 1110. The topological polar surface area (TPSA) is 107 Å². The molecule has 0 aliphatic carbocycles. The largest absolute Gasteiger partial charge is 0.369 e. The van der Waals surface area contributed by atoms with Gasteiger partial charge in [0.2, 0.25) is 5.91 Å². The van der Waals surface area contributed by atoms with Crippen LogP contribution in [0.25, 0.3) is 22.1 Å². The SMILES string of the molecule is NC(=O)CN1CCN(C(Cc2nc3ccccc3[nH]2)c2nc3ccccc3[nH]2)CC1. The van der Waals surface area contributed by atoms with E-state index in [4.69, 9.17) is 15.7 Å². The number of nitrogens with one attached hydrogen (secondary N) is 2. The fraction of sp³-hybridized carbons (Fsp3) is 0.318. The van der Waals surface area contributed by atoms with Gasteiger partial charge in [-0.3, -0.25) is 14.6 Å². The van der Waals surface area contributed by atoms with Gasteiger partial charge in [0, 0.05) is 32.6 Å². The first-order chi connectivity index (χ1) is 14.7. The molecular weight excluding hydrogens is 378 g/mol. The lowest BCUT2D eigenvalue weighted by Gasteiger charge is -2.38. The molecule has 0 bridgehead atoms. The number of piperazine rings is 1. The first-order valence-corrected chi connectivity index (χ1v) is 10.3. The Morgan fingerprint density at radius 2 is 1.57 bits per heavy atom. The molecule has 5 rings (SSSR count). The van der Waals surface area contributed by atoms with Crippen molar-refractivity contribution in [1.82, 2.24) is 29.7 Å². The van der Waals surface area contributed by atoms with Crippen molar-refractivity contribution in [3.8, 4) is 0 Å². The van der Waals surface area contributed by atoms with E-state index in [9.17, 15) is 4.79 Å². The number of imidazole rings is 2. The molecule has 4 aromatic rings. The molecule has 154 valence electrons. The number of carbonyl (C=O) groups excluding carboxylic acids is 1. The van der Waals surface area contributed by atoms with Gasteiger partial charge in [0.1, 0.15) is 11.6 Å². The summed E-state index contributed by atoms with van der Waals surface area (Å²) in [6.07, 6.45) is 0.727. The lowest BCUT2D eigenvalue weighted by atomic mass is 10.1. The van der Waals surface area contributed by atoms with Crippen molar-refractivity contribution in [3.63, 3.8) is 0 Å². The Morgan fingerprint density at radius 1 is 0.933 bits per heavy atom. The van der Waals surface area contributed by atoms with Crippen LogP contribution in [-0.2, 0) is 11.2 Å². The number of fused-ring (bicyclic) bond motifs is 2. The number of nitrogens with zero attached hydrogens (tertiary/aromatic N) is 4. The van der Waals surface area contributed by atoms with Crippen LogP contribution < -0.4 is 5.73 Å². The first-order valence-electron chi connectivity index (χ1n) is 10.3. The number of carbonyl (C=O) groups is 1. The van der Waals surface area contributed by atoms with Crippen LogP contribution >= 0.6 is 0 Å². The minimum atomic E-state index is -0.278. The van der Waals surface area contributed by atoms with Crippen LogP contribution in [0.5, 0.6) is 0 Å². The van der Waals surface area contributed by atoms with Crippen LogP contribution in [0.1, 0.15) is 17.7 Å². The highest BCUT2D eigenvalue weighted by Gasteiger charge is 2.29. The minimum absolute atomic E-state index is 0.0636. The summed E-state index contributed by atoms with van der Waals surface area (Å²) in [7, 11) is 0. The number of hydrogen-bond donors (Lipinski definition) is 3. The molecule has 0 spiro atoms. The zero-order valence-electron chi connectivity index (χ0n) is 16.7. The van der Waals surface area contributed by atoms with Gasteiger partial charge in [0.15, 0.2) is 0 Å². The van der Waals surface area contributed by atoms with E-state index in [0.29, 0.717) is 6.54 Å². The van der Waals surface area contributed by atoms with Gasteiger partial charge in [0.05, 0.1) is 34.7 Å². The van der Waals surface area contributed by atoms with Crippen molar-refractivity contribution in [3.05, 3.63) is 60.2 Å². The predicted octanol–water partition coefficient (Wildman–Crippen LogP) is 1.83. The maximum absolute atomic E-state index is 11.3. The molecule has 8 heteroatoms. The molecule has 1 saturated heterocycles. The number of primary amides is 1. The summed E-state index contributed by atoms with van der Waals surface area (Å²) < 4.78 is 0. The zero-order chi connectivity index (χ0) is 20.5. The Labute approximate surface area is 174 Å². The van der Waals surface area contributed by atoms with E-state index in [-0.39, 0.29) is 11.9 Å². The molecule has 1 fully saturated rings. The molecule has 30 heavy (non-hydrogen) atoms. The molecule has 0 saturated carbocycles. The molecule has 2 aromatic carbocycles. The highest BCUT2D eigenvalue weighted by atomic mass is 16.1. The monoisotopic (exact) mass is 403 g/mol. The van der Waals surface area contributed by atoms with Gasteiger partial charge < -0.3 is 15.7 Å². The molecular formula is C22H25N7O. The predicted molar refractivity (Wildman–Crippen MR) is 116 cm³/mol. The van der Waals surface area contributed by atoms with E-state index in [1.165, 1.54) is 0 Å². The summed E-state index contributed by atoms with van der Waals surface area (Å²) in [5.74, 6) is 1.61. The number of hydrogen-bond acceptors (Lipinski definition) is 5. The summed E-state index contributed by atoms with van der Waals surface area (Å²) in [6, 6.07) is 16.2. The quantitative estimate of drug-likeness (QED) is 0.455. The second kappa shape index (κ2) is 7.89. The number of aromatic nitrogens is 4. The van der Waals surface area contributed by atoms with Crippen LogP contribution in [0, 0.1) is 0 Å². The smallest absolute Gasteiger partial charge is 0.231 e. The fourth-order valence-electron chi connectivity index (χ4n) is 4.27. The van der Waals surface area contributed by atoms with Crippen LogP contribution in [0.4, 0.5) is 0 Å². The lowest BCUT2D eigenvalue weighted by Crippen LogP contribution is -2.50. The van der Waals surface area contributed by atoms with Crippen LogP contribution in [0.2, 0.25) is 0 Å². The molecule has 4 N–H and O–H groups in total. The molecule has 2 aromatic heterocycles. The minimum Gasteiger partial charge on any atom is -0.369 e. The molecule has 1 aliphatic heterocycles. The molecule has 3 heterocycles. The van der Waals surface area contributed by atoms with Gasteiger partial charge in [-0.1, -0.05) is 24.3 Å². The number of nitrogens with two attached hydrogens (primary N) is 1. The van der Waals surface area contributed by atoms with Crippen LogP contribution in [0.3, 0.4) is 0 Å². The van der Waals surface area contributed by atoms with Crippen molar-refractivity contribution in [2.24, 2.45) is 5.73 Å². The van der Waals surface area contributed by atoms with E-state index in [1.807, 2.05) is 42.5 Å². The lowest BCUT2D eigenvalue weighted by molar-refractivity contribution is -0.119. The van der Waals surface area contributed by atoms with Gasteiger partial charge >= 0.3 is 0 Å². The first kappa shape index (κ1) is 18.8. The molecule has 8 nitrogen and oxygen atoms in total. The van der Waals surface area contributed by atoms with Gasteiger partial charge in [-0.15, -0.1) is 0 Å². The summed E-state index contributed by atoms with van der Waals surface area (Å²) >= 11 is 0. The highest BCUT2D eigenvalue weighted by molar-refractivity contribution is 5.76. The molecule has 0 radical (unpaired) electrons. The Morgan fingerprint density at radius 3 is 2.20 bits per heavy atom. The average Bonchev–Trinajstić information content (AvgIpc) is 3.35. The van der Waals surface area contributed by atoms with E-state index in [0.717, 1.165) is 66.3 Å². The Kier molecular flexibility index (Phi) is 4.94. The molecule has 1 aliphatic rings. The van der Waals surface area contributed by atoms with Gasteiger partial charge in [-0.05, 0) is 24.3 Å². The second-order valence-electron chi connectivity index (χ2n) is 7.84. The molecule has 1 amide bonds. The highest BCUT2D eigenvalue weighted by Crippen LogP contribution is 2.26. The van der Waals surface area contributed by atoms with Gasteiger partial charge in [-0.2, -0.15) is 0 Å². The zero-order valence-corrected chi connectivity index (χ0v) is 16.7.